The lowest BCUT2D eigenvalue weighted by Crippen LogP contribution is -2.32. The van der Waals surface area contributed by atoms with Crippen molar-refractivity contribution in [2.75, 3.05) is 23.3 Å². The van der Waals surface area contributed by atoms with E-state index in [9.17, 15) is 17.6 Å². The van der Waals surface area contributed by atoms with Gasteiger partial charge in [-0.05, 0) is 75.7 Å². The predicted octanol–water partition coefficient (Wildman–Crippen LogP) is 3.08. The molecular weight excluding hydrogens is 487 g/mol. The van der Waals surface area contributed by atoms with Gasteiger partial charge in [0.05, 0.1) is 16.0 Å². The third-order valence-electron chi connectivity index (χ3n) is 5.43. The summed E-state index contributed by atoms with van der Waals surface area (Å²) in [6.45, 7) is 2.70. The highest BCUT2D eigenvalue weighted by Gasteiger charge is 2.27. The molecule has 36 heavy (non-hydrogen) atoms. The molecule has 1 heterocycles. The Balaban J connectivity index is 1.68. The molecule has 0 bridgehead atoms. The van der Waals surface area contributed by atoms with E-state index in [1.54, 1.807) is 30.3 Å². The monoisotopic (exact) mass is 518 g/mol. The number of rotatable bonds is 12. The van der Waals surface area contributed by atoms with Crippen LogP contribution in [0.4, 0.5) is 15.8 Å². The third kappa shape index (κ3) is 7.09. The fraction of sp³-hybridized carbons (Fsp3) is 0.375. The first-order chi connectivity index (χ1) is 17.0. The van der Waals surface area contributed by atoms with E-state index in [-0.39, 0.29) is 16.6 Å². The first kappa shape index (κ1) is 27.2. The van der Waals surface area contributed by atoms with Crippen LogP contribution in [0.1, 0.15) is 32.6 Å². The molecule has 0 aliphatic rings. The first-order valence-electron chi connectivity index (χ1n) is 11.4. The van der Waals surface area contributed by atoms with E-state index in [0.717, 1.165) is 12.8 Å². The second kappa shape index (κ2) is 11.6. The lowest BCUT2D eigenvalue weighted by molar-refractivity contribution is -0.124. The minimum absolute atomic E-state index is 0.0202. The van der Waals surface area contributed by atoms with E-state index in [1.807, 2.05) is 0 Å². The van der Waals surface area contributed by atoms with Crippen LogP contribution in [0.2, 0.25) is 0 Å². The number of alkyl halides is 1. The summed E-state index contributed by atoms with van der Waals surface area (Å²) in [5.74, 6) is 0.213. The van der Waals surface area contributed by atoms with Gasteiger partial charge in [0.15, 0.2) is 0 Å². The summed E-state index contributed by atoms with van der Waals surface area (Å²) in [5.41, 5.74) is 11.5. The highest BCUT2D eigenvalue weighted by Crippen LogP contribution is 2.24. The summed E-state index contributed by atoms with van der Waals surface area (Å²) in [5, 5.41) is 6.54. The number of nitrogens with one attached hydrogen (secondary N) is 2. The molecule has 0 aliphatic carbocycles. The predicted molar refractivity (Wildman–Crippen MR) is 135 cm³/mol. The van der Waals surface area contributed by atoms with Crippen LogP contribution in [0.3, 0.4) is 0 Å². The van der Waals surface area contributed by atoms with Crippen molar-refractivity contribution in [3.63, 3.8) is 0 Å². The maximum atomic E-state index is 13.1. The number of aromatic nitrogens is 2. The molecule has 12 heteroatoms. The number of sulfonamides is 1. The van der Waals surface area contributed by atoms with Gasteiger partial charge in [-0.25, -0.2) is 12.8 Å². The number of carbonyl (C=O) groups is 1. The van der Waals surface area contributed by atoms with Crippen LogP contribution in [0, 0.1) is 5.41 Å². The number of anilines is 2. The van der Waals surface area contributed by atoms with E-state index in [2.05, 4.69) is 20.2 Å². The van der Waals surface area contributed by atoms with Crippen LogP contribution in [-0.4, -0.2) is 43.7 Å². The smallest absolute Gasteiger partial charge is 0.261 e. The maximum Gasteiger partial charge on any atom is 0.261 e. The van der Waals surface area contributed by atoms with Gasteiger partial charge in [-0.2, -0.15) is 4.98 Å². The summed E-state index contributed by atoms with van der Waals surface area (Å²) >= 11 is 0. The molecule has 3 rings (SSSR count). The highest BCUT2D eigenvalue weighted by molar-refractivity contribution is 7.92. The van der Waals surface area contributed by atoms with Crippen molar-refractivity contribution >= 4 is 27.3 Å². The number of hydrogen-bond donors (Lipinski definition) is 4. The molecule has 0 saturated heterocycles. The second-order valence-electron chi connectivity index (χ2n) is 9.09. The van der Waals surface area contributed by atoms with Gasteiger partial charge in [-0.15, -0.1) is 0 Å². The number of nitrogens with zero attached hydrogens (tertiary/aromatic N) is 2. The van der Waals surface area contributed by atoms with Crippen molar-refractivity contribution in [2.24, 2.45) is 16.9 Å². The number of nitrogens with two attached hydrogens (primary N) is 2. The zero-order valence-electron chi connectivity index (χ0n) is 20.2. The summed E-state index contributed by atoms with van der Waals surface area (Å²) in [4.78, 5) is 16.6. The molecular formula is C24H31FN6O4S. The van der Waals surface area contributed by atoms with E-state index >= 15 is 0 Å². The van der Waals surface area contributed by atoms with Crippen molar-refractivity contribution in [1.82, 2.24) is 10.1 Å². The minimum Gasteiger partial charge on any atom is -0.339 e. The minimum atomic E-state index is -3.92. The lowest BCUT2D eigenvalue weighted by atomic mass is 9.94. The average molecular weight is 519 g/mol. The van der Waals surface area contributed by atoms with Crippen molar-refractivity contribution in [3.05, 3.63) is 54.4 Å². The second-order valence-corrected chi connectivity index (χ2v) is 10.8. The molecule has 0 aliphatic heterocycles. The molecule has 0 spiro atoms. The van der Waals surface area contributed by atoms with Gasteiger partial charge >= 0.3 is 0 Å². The van der Waals surface area contributed by atoms with Gasteiger partial charge in [-0.3, -0.25) is 9.52 Å². The number of benzene rings is 2. The van der Waals surface area contributed by atoms with E-state index < -0.39 is 28.0 Å². The van der Waals surface area contributed by atoms with Crippen molar-refractivity contribution in [3.8, 4) is 11.4 Å². The molecule has 0 radical (unpaired) electrons. The Morgan fingerprint density at radius 1 is 1.17 bits per heavy atom. The van der Waals surface area contributed by atoms with Crippen LogP contribution in [0.5, 0.6) is 0 Å². The van der Waals surface area contributed by atoms with Gasteiger partial charge in [0.25, 0.3) is 10.0 Å². The average Bonchev–Trinajstić information content (AvgIpc) is 3.31. The van der Waals surface area contributed by atoms with E-state index in [1.165, 1.54) is 32.0 Å². The fourth-order valence-electron chi connectivity index (χ4n) is 3.18. The standard InChI is InChI=1S/C24H31FN6O4S/c1-24(2,15-25)23(32)28-18-6-3-7-19(14-18)31-36(33,34)20-10-8-16(9-11-20)22-29-21(35-30-22)13-17(27)5-4-12-26/h3,6-11,14,17,31H,4-5,12-13,15,26-27H2,1-2H3,(H,28,32). The van der Waals surface area contributed by atoms with Crippen LogP contribution >= 0.6 is 0 Å². The molecule has 2 aromatic carbocycles. The molecule has 1 amide bonds. The largest absolute Gasteiger partial charge is 0.339 e. The number of halogens is 1. The van der Waals surface area contributed by atoms with Gasteiger partial charge in [-0.1, -0.05) is 11.2 Å². The van der Waals surface area contributed by atoms with Crippen molar-refractivity contribution in [1.29, 1.82) is 0 Å². The topological polar surface area (TPSA) is 166 Å². The normalized spacial score (nSPS) is 12.8. The zero-order chi connectivity index (χ0) is 26.3. The van der Waals surface area contributed by atoms with E-state index in [4.69, 9.17) is 16.0 Å². The Bertz CT molecular complexity index is 1280. The lowest BCUT2D eigenvalue weighted by Gasteiger charge is -2.19. The van der Waals surface area contributed by atoms with E-state index in [0.29, 0.717) is 35.9 Å². The van der Waals surface area contributed by atoms with Crippen LogP contribution in [0.25, 0.3) is 11.4 Å². The number of carbonyl (C=O) groups excluding carboxylic acids is 1. The summed E-state index contributed by atoms with van der Waals surface area (Å²) in [7, 11) is -3.92. The summed E-state index contributed by atoms with van der Waals surface area (Å²) in [6, 6.07) is 12.0. The molecule has 1 unspecified atom stereocenters. The van der Waals surface area contributed by atoms with Gasteiger partial charge in [0.1, 0.15) is 6.67 Å². The van der Waals surface area contributed by atoms with Crippen molar-refractivity contribution < 1.29 is 22.1 Å². The quantitative estimate of drug-likeness (QED) is 0.284. The molecule has 0 fully saturated rings. The SMILES string of the molecule is CC(C)(CF)C(=O)Nc1cccc(NS(=O)(=O)c2ccc(-c3noc(CC(N)CCCN)n3)cc2)c1. The van der Waals surface area contributed by atoms with Gasteiger partial charge in [0, 0.05) is 23.7 Å². The molecule has 6 N–H and O–H groups in total. The Morgan fingerprint density at radius 2 is 1.86 bits per heavy atom. The first-order valence-corrected chi connectivity index (χ1v) is 12.9. The molecule has 10 nitrogen and oxygen atoms in total. The summed E-state index contributed by atoms with van der Waals surface area (Å²) < 4.78 is 46.6. The maximum absolute atomic E-state index is 13.1. The van der Waals surface area contributed by atoms with Crippen LogP contribution < -0.4 is 21.5 Å². The Hall–Kier alpha value is -3.35. The molecule has 1 atom stereocenters. The Morgan fingerprint density at radius 3 is 2.53 bits per heavy atom. The Kier molecular flexibility index (Phi) is 8.77. The molecule has 1 aromatic heterocycles. The molecule has 3 aromatic rings. The number of amides is 1. The summed E-state index contributed by atoms with van der Waals surface area (Å²) in [6.07, 6.45) is 1.98. The van der Waals surface area contributed by atoms with Crippen LogP contribution in [0.15, 0.2) is 57.9 Å². The zero-order valence-corrected chi connectivity index (χ0v) is 21.0. The van der Waals surface area contributed by atoms with Crippen molar-refractivity contribution in [2.45, 2.75) is 44.0 Å². The van der Waals surface area contributed by atoms with Crippen LogP contribution in [-0.2, 0) is 21.2 Å². The third-order valence-corrected chi connectivity index (χ3v) is 6.83. The Labute approximate surface area is 209 Å². The van der Waals surface area contributed by atoms with Gasteiger partial charge < -0.3 is 21.3 Å². The molecule has 0 saturated carbocycles. The fourth-order valence-corrected chi connectivity index (χ4v) is 4.23. The number of hydrogen-bond acceptors (Lipinski definition) is 8. The van der Waals surface area contributed by atoms with Gasteiger partial charge in [0.2, 0.25) is 17.6 Å². The molecule has 194 valence electrons. The highest BCUT2D eigenvalue weighted by atomic mass is 32.2.